The van der Waals surface area contributed by atoms with Gasteiger partial charge in [0.2, 0.25) is 5.91 Å². The zero-order chi connectivity index (χ0) is 16.1. The first-order valence-electron chi connectivity index (χ1n) is 8.25. The number of nitrogens with zero attached hydrogens (tertiary/aromatic N) is 2. The fourth-order valence-corrected chi connectivity index (χ4v) is 3.27. The van der Waals surface area contributed by atoms with Gasteiger partial charge in [-0.3, -0.25) is 9.69 Å². The Morgan fingerprint density at radius 3 is 2.57 bits per heavy atom. The van der Waals surface area contributed by atoms with E-state index in [1.165, 1.54) is 0 Å². The SMILES string of the molecule is COc1ccccc1C(C(=O)N1CCNCC1)N1CCOCC1. The first-order chi connectivity index (χ1) is 11.3. The van der Waals surface area contributed by atoms with Crippen LogP contribution in [-0.2, 0) is 9.53 Å². The maximum Gasteiger partial charge on any atom is 0.244 e. The van der Waals surface area contributed by atoms with Gasteiger partial charge in [0.15, 0.2) is 0 Å². The van der Waals surface area contributed by atoms with Crippen molar-refractivity contribution in [2.45, 2.75) is 6.04 Å². The molecule has 2 saturated heterocycles. The van der Waals surface area contributed by atoms with Crippen LogP contribution in [-0.4, -0.2) is 75.3 Å². The number of hydrogen-bond donors (Lipinski definition) is 1. The summed E-state index contributed by atoms with van der Waals surface area (Å²) in [4.78, 5) is 17.4. The number of morpholine rings is 1. The van der Waals surface area contributed by atoms with Crippen molar-refractivity contribution in [3.05, 3.63) is 29.8 Å². The molecule has 0 bridgehead atoms. The maximum atomic E-state index is 13.2. The summed E-state index contributed by atoms with van der Waals surface area (Å²) in [5.74, 6) is 0.936. The standard InChI is InChI=1S/C17H25N3O3/c1-22-15-5-3-2-4-14(15)16(19-10-12-23-13-11-19)17(21)20-8-6-18-7-9-20/h2-5,16,18H,6-13H2,1H3. The van der Waals surface area contributed by atoms with Gasteiger partial charge in [-0.2, -0.15) is 0 Å². The second kappa shape index (κ2) is 7.77. The van der Waals surface area contributed by atoms with E-state index in [0.717, 1.165) is 50.6 Å². The van der Waals surface area contributed by atoms with Crippen LogP contribution in [0, 0.1) is 0 Å². The molecule has 126 valence electrons. The lowest BCUT2D eigenvalue weighted by atomic mass is 10.0. The molecule has 0 spiro atoms. The molecule has 1 aromatic carbocycles. The zero-order valence-electron chi connectivity index (χ0n) is 13.7. The van der Waals surface area contributed by atoms with Gasteiger partial charge in [-0.15, -0.1) is 0 Å². The number of ether oxygens (including phenoxy) is 2. The summed E-state index contributed by atoms with van der Waals surface area (Å²) in [5.41, 5.74) is 0.945. The van der Waals surface area contributed by atoms with Gasteiger partial charge in [-0.25, -0.2) is 0 Å². The molecule has 2 heterocycles. The minimum atomic E-state index is -0.298. The second-order valence-corrected chi connectivity index (χ2v) is 5.87. The Kier molecular flexibility index (Phi) is 5.48. The van der Waals surface area contributed by atoms with Gasteiger partial charge >= 0.3 is 0 Å². The van der Waals surface area contributed by atoms with Crippen LogP contribution in [0.1, 0.15) is 11.6 Å². The van der Waals surface area contributed by atoms with Crippen molar-refractivity contribution in [2.24, 2.45) is 0 Å². The van der Waals surface area contributed by atoms with Gasteiger partial charge in [0.1, 0.15) is 11.8 Å². The van der Waals surface area contributed by atoms with Gasteiger partial charge in [-0.05, 0) is 6.07 Å². The van der Waals surface area contributed by atoms with Gasteiger partial charge in [-0.1, -0.05) is 18.2 Å². The summed E-state index contributed by atoms with van der Waals surface area (Å²) >= 11 is 0. The highest BCUT2D eigenvalue weighted by Crippen LogP contribution is 2.31. The molecule has 6 nitrogen and oxygen atoms in total. The van der Waals surface area contributed by atoms with E-state index in [9.17, 15) is 4.79 Å². The highest BCUT2D eigenvalue weighted by atomic mass is 16.5. The number of carbonyl (C=O) groups is 1. The molecule has 0 radical (unpaired) electrons. The molecule has 2 aliphatic heterocycles. The summed E-state index contributed by atoms with van der Waals surface area (Å²) in [5, 5.41) is 3.30. The predicted molar refractivity (Wildman–Crippen MR) is 87.6 cm³/mol. The normalized spacial score (nSPS) is 21.0. The smallest absolute Gasteiger partial charge is 0.244 e. The van der Waals surface area contributed by atoms with Crippen LogP contribution in [0.2, 0.25) is 0 Å². The summed E-state index contributed by atoms with van der Waals surface area (Å²) in [6.45, 7) is 6.09. The molecule has 2 fully saturated rings. The number of para-hydroxylation sites is 1. The molecule has 23 heavy (non-hydrogen) atoms. The molecule has 1 aromatic rings. The minimum Gasteiger partial charge on any atom is -0.496 e. The average Bonchev–Trinajstić information content (AvgIpc) is 2.64. The number of methoxy groups -OCH3 is 1. The molecule has 0 aromatic heterocycles. The van der Waals surface area contributed by atoms with E-state index < -0.39 is 0 Å². The Labute approximate surface area is 137 Å². The van der Waals surface area contributed by atoms with Crippen molar-refractivity contribution in [3.63, 3.8) is 0 Å². The fraction of sp³-hybridized carbons (Fsp3) is 0.588. The summed E-state index contributed by atoms with van der Waals surface area (Å²) in [7, 11) is 1.66. The first kappa shape index (κ1) is 16.2. The van der Waals surface area contributed by atoms with Crippen molar-refractivity contribution in [1.82, 2.24) is 15.1 Å². The van der Waals surface area contributed by atoms with E-state index in [1.54, 1.807) is 7.11 Å². The third kappa shape index (κ3) is 3.65. The van der Waals surface area contributed by atoms with E-state index in [-0.39, 0.29) is 11.9 Å². The molecule has 0 aliphatic carbocycles. The van der Waals surface area contributed by atoms with Crippen LogP contribution in [0.4, 0.5) is 0 Å². The van der Waals surface area contributed by atoms with Crippen molar-refractivity contribution in [1.29, 1.82) is 0 Å². The Morgan fingerprint density at radius 2 is 1.87 bits per heavy atom. The molecule has 1 N–H and O–H groups in total. The topological polar surface area (TPSA) is 54.0 Å². The van der Waals surface area contributed by atoms with Crippen LogP contribution in [0.15, 0.2) is 24.3 Å². The van der Waals surface area contributed by atoms with Gasteiger partial charge in [0.05, 0.1) is 20.3 Å². The van der Waals surface area contributed by atoms with Gasteiger partial charge in [0.25, 0.3) is 0 Å². The Hall–Kier alpha value is -1.63. The molecule has 0 saturated carbocycles. The van der Waals surface area contributed by atoms with Gasteiger partial charge in [0, 0.05) is 44.8 Å². The van der Waals surface area contributed by atoms with E-state index in [1.807, 2.05) is 29.2 Å². The molecule has 1 unspecified atom stereocenters. The monoisotopic (exact) mass is 319 g/mol. The number of hydrogen-bond acceptors (Lipinski definition) is 5. The number of rotatable bonds is 4. The molecule has 6 heteroatoms. The van der Waals surface area contributed by atoms with Crippen LogP contribution < -0.4 is 10.1 Å². The van der Waals surface area contributed by atoms with E-state index in [4.69, 9.17) is 9.47 Å². The number of carbonyl (C=O) groups excluding carboxylic acids is 1. The van der Waals surface area contributed by atoms with Crippen molar-refractivity contribution < 1.29 is 14.3 Å². The lowest BCUT2D eigenvalue weighted by molar-refractivity contribution is -0.139. The van der Waals surface area contributed by atoms with Crippen molar-refractivity contribution >= 4 is 5.91 Å². The predicted octanol–water partition coefficient (Wildman–Crippen LogP) is 0.500. The third-order valence-electron chi connectivity index (χ3n) is 4.51. The molecule has 3 rings (SSSR count). The Balaban J connectivity index is 1.90. The van der Waals surface area contributed by atoms with Crippen LogP contribution in [0.5, 0.6) is 5.75 Å². The van der Waals surface area contributed by atoms with Crippen molar-refractivity contribution in [3.8, 4) is 5.75 Å². The maximum absolute atomic E-state index is 13.2. The molecule has 1 amide bonds. The summed E-state index contributed by atoms with van der Waals surface area (Å²) in [6.07, 6.45) is 0. The molecular formula is C17H25N3O3. The minimum absolute atomic E-state index is 0.165. The Bertz CT molecular complexity index is 526. The van der Waals surface area contributed by atoms with E-state index >= 15 is 0 Å². The largest absolute Gasteiger partial charge is 0.496 e. The second-order valence-electron chi connectivity index (χ2n) is 5.87. The van der Waals surface area contributed by atoms with Crippen molar-refractivity contribution in [2.75, 3.05) is 59.6 Å². The van der Waals surface area contributed by atoms with Crippen LogP contribution in [0.3, 0.4) is 0 Å². The van der Waals surface area contributed by atoms with E-state index in [2.05, 4.69) is 10.2 Å². The highest BCUT2D eigenvalue weighted by Gasteiger charge is 2.34. The summed E-state index contributed by atoms with van der Waals surface area (Å²) in [6, 6.07) is 7.53. The van der Waals surface area contributed by atoms with Gasteiger partial charge < -0.3 is 19.7 Å². The molecule has 2 aliphatic rings. The number of benzene rings is 1. The zero-order valence-corrected chi connectivity index (χ0v) is 13.7. The van der Waals surface area contributed by atoms with E-state index in [0.29, 0.717) is 13.2 Å². The first-order valence-corrected chi connectivity index (χ1v) is 8.25. The lowest BCUT2D eigenvalue weighted by Gasteiger charge is -2.38. The van der Waals surface area contributed by atoms with Crippen LogP contribution in [0.25, 0.3) is 0 Å². The highest BCUT2D eigenvalue weighted by molar-refractivity contribution is 5.84. The number of nitrogens with one attached hydrogen (secondary N) is 1. The quantitative estimate of drug-likeness (QED) is 0.876. The Morgan fingerprint density at radius 1 is 1.17 bits per heavy atom. The lowest BCUT2D eigenvalue weighted by Crippen LogP contribution is -2.52. The average molecular weight is 319 g/mol. The summed E-state index contributed by atoms with van der Waals surface area (Å²) < 4.78 is 11.0. The number of piperazine rings is 1. The fourth-order valence-electron chi connectivity index (χ4n) is 3.27. The van der Waals surface area contributed by atoms with Crippen LogP contribution >= 0.6 is 0 Å². The molecular weight excluding hydrogens is 294 g/mol. The molecule has 1 atom stereocenters. The number of amides is 1. The third-order valence-corrected chi connectivity index (χ3v) is 4.51.